The van der Waals surface area contributed by atoms with Gasteiger partial charge in [-0.05, 0) is 36.4 Å². The number of anilines is 1. The summed E-state index contributed by atoms with van der Waals surface area (Å²) in [5.74, 6) is 0.406. The fourth-order valence-electron chi connectivity index (χ4n) is 2.67. The molecule has 1 aliphatic heterocycles. The molecular weight excluding hydrogens is 366 g/mol. The molecule has 0 unspecified atom stereocenters. The first kappa shape index (κ1) is 18.6. The van der Waals surface area contributed by atoms with Crippen LogP contribution in [0.3, 0.4) is 0 Å². The number of amides is 2. The van der Waals surface area contributed by atoms with Gasteiger partial charge in [0.25, 0.3) is 0 Å². The van der Waals surface area contributed by atoms with E-state index in [0.717, 1.165) is 11.8 Å². The van der Waals surface area contributed by atoms with Gasteiger partial charge in [-0.25, -0.2) is 0 Å². The molecule has 2 amide bonds. The fourth-order valence-corrected chi connectivity index (χ4v) is 3.55. The SMILES string of the molecule is COc1ccc(NC(=O)CSC2=C(C#N)[C@@H](c3ccco3)CC(=O)N2)cc1. The van der Waals surface area contributed by atoms with Crippen LogP contribution in [0.25, 0.3) is 0 Å². The number of nitrogens with one attached hydrogen (secondary N) is 2. The minimum absolute atomic E-state index is 0.0533. The lowest BCUT2D eigenvalue weighted by atomic mass is 9.92. The first-order chi connectivity index (χ1) is 13.1. The van der Waals surface area contributed by atoms with E-state index in [1.54, 1.807) is 43.5 Å². The zero-order valence-electron chi connectivity index (χ0n) is 14.5. The van der Waals surface area contributed by atoms with E-state index in [1.807, 2.05) is 0 Å². The maximum atomic E-state index is 12.2. The second kappa shape index (κ2) is 8.47. The van der Waals surface area contributed by atoms with E-state index in [0.29, 0.717) is 27.8 Å². The Bertz CT molecular complexity index is 898. The second-order valence-corrected chi connectivity index (χ2v) is 6.73. The molecule has 0 radical (unpaired) electrons. The van der Waals surface area contributed by atoms with Crippen LogP contribution in [-0.2, 0) is 9.59 Å². The van der Waals surface area contributed by atoms with Gasteiger partial charge in [-0.1, -0.05) is 11.8 Å². The Labute approximate surface area is 160 Å². The summed E-state index contributed by atoms with van der Waals surface area (Å²) in [5.41, 5.74) is 1.03. The van der Waals surface area contributed by atoms with Crippen LogP contribution in [0.15, 0.2) is 57.7 Å². The molecule has 0 saturated heterocycles. The van der Waals surface area contributed by atoms with Gasteiger partial charge in [0.2, 0.25) is 11.8 Å². The van der Waals surface area contributed by atoms with Gasteiger partial charge in [0.05, 0.1) is 41.7 Å². The largest absolute Gasteiger partial charge is 0.497 e. The van der Waals surface area contributed by atoms with Crippen molar-refractivity contribution in [3.8, 4) is 11.8 Å². The fraction of sp³-hybridized carbons (Fsp3) is 0.211. The first-order valence-corrected chi connectivity index (χ1v) is 9.13. The number of allylic oxidation sites excluding steroid dienone is 1. The van der Waals surface area contributed by atoms with Crippen molar-refractivity contribution in [2.75, 3.05) is 18.2 Å². The number of rotatable bonds is 6. The number of carbonyl (C=O) groups excluding carboxylic acids is 2. The summed E-state index contributed by atoms with van der Waals surface area (Å²) in [6, 6.07) is 12.5. The van der Waals surface area contributed by atoms with Crippen molar-refractivity contribution in [1.29, 1.82) is 5.26 Å². The van der Waals surface area contributed by atoms with E-state index in [9.17, 15) is 14.9 Å². The van der Waals surface area contributed by atoms with Crippen molar-refractivity contribution in [1.82, 2.24) is 5.32 Å². The molecule has 2 N–H and O–H groups in total. The molecule has 0 fully saturated rings. The zero-order valence-corrected chi connectivity index (χ0v) is 15.3. The summed E-state index contributed by atoms with van der Waals surface area (Å²) in [4.78, 5) is 24.2. The number of benzene rings is 1. The standard InChI is InChI=1S/C19H17N3O4S/c1-25-13-6-4-12(5-7-13)21-18(24)11-27-19-15(10-20)14(9-17(23)22-19)16-3-2-8-26-16/h2-8,14H,9,11H2,1H3,(H,21,24)(H,22,23)/t14-/m0/s1. The maximum Gasteiger partial charge on any atom is 0.234 e. The highest BCUT2D eigenvalue weighted by atomic mass is 32.2. The average molecular weight is 383 g/mol. The summed E-state index contributed by atoms with van der Waals surface area (Å²) in [6.07, 6.45) is 1.64. The van der Waals surface area contributed by atoms with Crippen LogP contribution in [0.1, 0.15) is 18.1 Å². The number of thioether (sulfide) groups is 1. The lowest BCUT2D eigenvalue weighted by Crippen LogP contribution is -2.31. The molecule has 8 heteroatoms. The molecule has 1 aromatic carbocycles. The number of ether oxygens (including phenoxy) is 1. The normalized spacial score (nSPS) is 16.4. The van der Waals surface area contributed by atoms with Gasteiger partial charge in [0.1, 0.15) is 11.5 Å². The number of methoxy groups -OCH3 is 1. The molecular formula is C19H17N3O4S. The van der Waals surface area contributed by atoms with Crippen LogP contribution in [0.4, 0.5) is 5.69 Å². The highest BCUT2D eigenvalue weighted by molar-refractivity contribution is 8.03. The molecule has 27 heavy (non-hydrogen) atoms. The Kier molecular flexibility index (Phi) is 5.84. The minimum Gasteiger partial charge on any atom is -0.497 e. The summed E-state index contributed by atoms with van der Waals surface area (Å²) in [6.45, 7) is 0. The van der Waals surface area contributed by atoms with Crippen LogP contribution in [0, 0.1) is 11.3 Å². The van der Waals surface area contributed by atoms with Crippen LogP contribution in [-0.4, -0.2) is 24.7 Å². The van der Waals surface area contributed by atoms with Crippen LogP contribution in [0.2, 0.25) is 0 Å². The van der Waals surface area contributed by atoms with E-state index >= 15 is 0 Å². The number of carbonyl (C=O) groups is 2. The Morgan fingerprint density at radius 2 is 2.19 bits per heavy atom. The monoisotopic (exact) mass is 383 g/mol. The number of furan rings is 1. The number of hydrogen-bond acceptors (Lipinski definition) is 6. The molecule has 2 aromatic rings. The first-order valence-electron chi connectivity index (χ1n) is 8.15. The molecule has 2 heterocycles. The Hall–Kier alpha value is -3.18. The van der Waals surface area contributed by atoms with Crippen LogP contribution < -0.4 is 15.4 Å². The summed E-state index contributed by atoms with van der Waals surface area (Å²) in [7, 11) is 1.57. The van der Waals surface area contributed by atoms with Gasteiger partial charge in [-0.15, -0.1) is 0 Å². The highest BCUT2D eigenvalue weighted by Gasteiger charge is 2.31. The van der Waals surface area contributed by atoms with Crippen molar-refractivity contribution in [3.63, 3.8) is 0 Å². The van der Waals surface area contributed by atoms with Crippen molar-refractivity contribution >= 4 is 29.3 Å². The maximum absolute atomic E-state index is 12.2. The molecule has 1 aliphatic rings. The molecule has 0 saturated carbocycles. The Balaban J connectivity index is 1.68. The Morgan fingerprint density at radius 1 is 1.41 bits per heavy atom. The van der Waals surface area contributed by atoms with Crippen molar-refractivity contribution in [2.24, 2.45) is 0 Å². The topological polar surface area (TPSA) is 104 Å². The molecule has 0 bridgehead atoms. The van der Waals surface area contributed by atoms with E-state index < -0.39 is 5.92 Å². The predicted octanol–water partition coefficient (Wildman–Crippen LogP) is 3.00. The van der Waals surface area contributed by atoms with E-state index in [-0.39, 0.29) is 24.0 Å². The summed E-state index contributed by atoms with van der Waals surface area (Å²) in [5, 5.41) is 15.4. The molecule has 0 aliphatic carbocycles. The van der Waals surface area contributed by atoms with Gasteiger partial charge in [0.15, 0.2) is 0 Å². The molecule has 0 spiro atoms. The third-order valence-corrected chi connectivity index (χ3v) is 4.98. The molecule has 1 atom stereocenters. The average Bonchev–Trinajstić information content (AvgIpc) is 3.21. The lowest BCUT2D eigenvalue weighted by molar-refractivity contribution is -0.121. The highest BCUT2D eigenvalue weighted by Crippen LogP contribution is 2.36. The molecule has 1 aromatic heterocycles. The zero-order chi connectivity index (χ0) is 19.2. The molecule has 3 rings (SSSR count). The molecule has 138 valence electrons. The van der Waals surface area contributed by atoms with Gasteiger partial charge in [0, 0.05) is 12.1 Å². The molecule has 7 nitrogen and oxygen atoms in total. The second-order valence-electron chi connectivity index (χ2n) is 5.74. The van der Waals surface area contributed by atoms with Crippen LogP contribution >= 0.6 is 11.8 Å². The third kappa shape index (κ3) is 4.51. The van der Waals surface area contributed by atoms with Gasteiger partial charge in [-0.3, -0.25) is 9.59 Å². The number of hydrogen-bond donors (Lipinski definition) is 2. The number of nitrogens with zero attached hydrogens (tertiary/aromatic N) is 1. The van der Waals surface area contributed by atoms with Crippen molar-refractivity contribution in [2.45, 2.75) is 12.3 Å². The summed E-state index contributed by atoms with van der Waals surface area (Å²) < 4.78 is 10.4. The van der Waals surface area contributed by atoms with E-state index in [2.05, 4.69) is 16.7 Å². The Morgan fingerprint density at radius 3 is 2.81 bits per heavy atom. The number of nitriles is 1. The van der Waals surface area contributed by atoms with Gasteiger partial charge < -0.3 is 19.8 Å². The minimum atomic E-state index is -0.439. The van der Waals surface area contributed by atoms with Crippen molar-refractivity contribution in [3.05, 3.63) is 59.0 Å². The van der Waals surface area contributed by atoms with Crippen molar-refractivity contribution < 1.29 is 18.7 Å². The smallest absolute Gasteiger partial charge is 0.234 e. The predicted molar refractivity (Wildman–Crippen MR) is 101 cm³/mol. The quantitative estimate of drug-likeness (QED) is 0.795. The lowest BCUT2D eigenvalue weighted by Gasteiger charge is -2.23. The van der Waals surface area contributed by atoms with E-state index in [4.69, 9.17) is 9.15 Å². The third-order valence-electron chi connectivity index (χ3n) is 3.96. The van der Waals surface area contributed by atoms with E-state index in [1.165, 1.54) is 6.26 Å². The van der Waals surface area contributed by atoms with Crippen LogP contribution in [0.5, 0.6) is 5.75 Å². The van der Waals surface area contributed by atoms with Gasteiger partial charge >= 0.3 is 0 Å². The van der Waals surface area contributed by atoms with Gasteiger partial charge in [-0.2, -0.15) is 5.26 Å². The summed E-state index contributed by atoms with van der Waals surface area (Å²) >= 11 is 1.12.